The lowest BCUT2D eigenvalue weighted by Crippen LogP contribution is -2.12. The minimum Gasteiger partial charge on any atom is -0.322 e. The highest BCUT2D eigenvalue weighted by Gasteiger charge is 2.10. The van der Waals surface area contributed by atoms with Gasteiger partial charge in [-0.1, -0.05) is 18.2 Å². The molecule has 1 amide bonds. The number of carbonyl (C=O) groups is 1. The van der Waals surface area contributed by atoms with Crippen molar-refractivity contribution in [1.82, 2.24) is 4.98 Å². The molecule has 0 aliphatic rings. The molecule has 0 saturated carbocycles. The highest BCUT2D eigenvalue weighted by atomic mass is 16.1. The van der Waals surface area contributed by atoms with E-state index in [0.717, 1.165) is 0 Å². The van der Waals surface area contributed by atoms with Crippen LogP contribution in [0.4, 0.5) is 11.5 Å². The van der Waals surface area contributed by atoms with Gasteiger partial charge >= 0.3 is 0 Å². The second-order valence-corrected chi connectivity index (χ2v) is 3.38. The molecule has 1 N–H and O–H groups in total. The van der Waals surface area contributed by atoms with Gasteiger partial charge in [-0.2, -0.15) is 0 Å². The van der Waals surface area contributed by atoms with Crippen LogP contribution in [0.3, 0.4) is 0 Å². The summed E-state index contributed by atoms with van der Waals surface area (Å²) in [5.74, 6) is -0.301. The Morgan fingerprint density at radius 1 is 1.22 bits per heavy atom. The number of amides is 1. The van der Waals surface area contributed by atoms with Crippen LogP contribution in [0, 0.1) is 0 Å². The molecule has 18 heavy (non-hydrogen) atoms. The Balaban J connectivity index is 2.27. The molecular formula is C12H9N5O. The molecule has 0 atom stereocenters. The van der Waals surface area contributed by atoms with Crippen LogP contribution in [0.25, 0.3) is 10.4 Å². The monoisotopic (exact) mass is 239 g/mol. The van der Waals surface area contributed by atoms with E-state index in [-0.39, 0.29) is 17.3 Å². The highest BCUT2D eigenvalue weighted by molar-refractivity contribution is 6.06. The number of pyridine rings is 1. The van der Waals surface area contributed by atoms with E-state index in [2.05, 4.69) is 20.3 Å². The third-order valence-electron chi connectivity index (χ3n) is 2.20. The first kappa shape index (κ1) is 11.6. The molecule has 0 radical (unpaired) electrons. The molecule has 0 bridgehead atoms. The summed E-state index contributed by atoms with van der Waals surface area (Å²) in [6.07, 6.45) is 1.46. The standard InChI is InChI=1S/C12H9N5O/c13-17-16-11-10(7-4-8-14-11)12(18)15-9-5-2-1-3-6-9/h1-8H,(H,15,18). The van der Waals surface area contributed by atoms with E-state index < -0.39 is 0 Å². The van der Waals surface area contributed by atoms with Crippen molar-refractivity contribution in [2.24, 2.45) is 5.11 Å². The summed E-state index contributed by atoms with van der Waals surface area (Å²) in [7, 11) is 0. The lowest BCUT2D eigenvalue weighted by Gasteiger charge is -2.06. The van der Waals surface area contributed by atoms with Gasteiger partial charge in [0.1, 0.15) is 5.82 Å². The zero-order valence-corrected chi connectivity index (χ0v) is 9.32. The van der Waals surface area contributed by atoms with E-state index in [1.165, 1.54) is 6.20 Å². The molecule has 88 valence electrons. The summed E-state index contributed by atoms with van der Waals surface area (Å²) in [5, 5.41) is 6.07. The Bertz CT molecular complexity index is 605. The SMILES string of the molecule is [N-]=[N+]=Nc1ncccc1C(=O)Nc1ccccc1. The first-order valence-electron chi connectivity index (χ1n) is 5.18. The smallest absolute Gasteiger partial charge is 0.257 e. The van der Waals surface area contributed by atoms with Crippen LogP contribution in [0.1, 0.15) is 10.4 Å². The molecule has 2 aromatic rings. The molecule has 2 rings (SSSR count). The van der Waals surface area contributed by atoms with E-state index in [9.17, 15) is 4.79 Å². The van der Waals surface area contributed by atoms with Gasteiger partial charge in [0.15, 0.2) is 0 Å². The Labute approximate surface area is 103 Å². The Hall–Kier alpha value is -2.85. The van der Waals surface area contributed by atoms with Gasteiger partial charge in [-0.3, -0.25) is 9.78 Å². The predicted molar refractivity (Wildman–Crippen MR) is 67.4 cm³/mol. The average Bonchev–Trinajstić information content (AvgIpc) is 2.41. The van der Waals surface area contributed by atoms with Crippen molar-refractivity contribution < 1.29 is 4.79 Å². The molecule has 0 aliphatic carbocycles. The van der Waals surface area contributed by atoms with Crippen molar-refractivity contribution in [2.45, 2.75) is 0 Å². The van der Waals surface area contributed by atoms with E-state index in [1.54, 1.807) is 24.3 Å². The molecule has 0 spiro atoms. The van der Waals surface area contributed by atoms with Crippen molar-refractivity contribution in [2.75, 3.05) is 5.32 Å². The van der Waals surface area contributed by atoms with Gasteiger partial charge in [-0.05, 0) is 34.9 Å². The molecule has 0 unspecified atom stereocenters. The minimum atomic E-state index is -0.364. The van der Waals surface area contributed by atoms with Crippen LogP contribution in [0.5, 0.6) is 0 Å². The summed E-state index contributed by atoms with van der Waals surface area (Å²) < 4.78 is 0. The van der Waals surface area contributed by atoms with E-state index in [1.807, 2.05) is 18.2 Å². The Morgan fingerprint density at radius 2 is 2.00 bits per heavy atom. The summed E-state index contributed by atoms with van der Waals surface area (Å²) in [6.45, 7) is 0. The van der Waals surface area contributed by atoms with Gasteiger partial charge in [0, 0.05) is 16.8 Å². The van der Waals surface area contributed by atoms with Gasteiger partial charge in [0.2, 0.25) is 0 Å². The van der Waals surface area contributed by atoms with Gasteiger partial charge in [-0.15, -0.1) is 0 Å². The first-order valence-corrected chi connectivity index (χ1v) is 5.18. The average molecular weight is 239 g/mol. The molecule has 1 aromatic carbocycles. The summed E-state index contributed by atoms with van der Waals surface area (Å²) >= 11 is 0. The maximum absolute atomic E-state index is 12.0. The number of para-hydroxylation sites is 1. The quantitative estimate of drug-likeness (QED) is 0.505. The van der Waals surface area contributed by atoms with E-state index >= 15 is 0 Å². The molecule has 6 heteroatoms. The molecule has 1 aromatic heterocycles. The van der Waals surface area contributed by atoms with Crippen molar-refractivity contribution >= 4 is 17.4 Å². The Kier molecular flexibility index (Phi) is 3.53. The number of anilines is 1. The first-order chi connectivity index (χ1) is 8.81. The van der Waals surface area contributed by atoms with Crippen molar-refractivity contribution in [3.63, 3.8) is 0 Å². The predicted octanol–water partition coefficient (Wildman–Crippen LogP) is 3.28. The summed E-state index contributed by atoms with van der Waals surface area (Å²) in [6, 6.07) is 12.2. The fourth-order valence-electron chi connectivity index (χ4n) is 1.42. The number of aromatic nitrogens is 1. The zero-order chi connectivity index (χ0) is 12.8. The fourth-order valence-corrected chi connectivity index (χ4v) is 1.42. The zero-order valence-electron chi connectivity index (χ0n) is 9.32. The number of carbonyl (C=O) groups excluding carboxylic acids is 1. The molecule has 0 saturated heterocycles. The summed E-state index contributed by atoms with van der Waals surface area (Å²) in [4.78, 5) is 18.5. The number of azide groups is 1. The van der Waals surface area contributed by atoms with E-state index in [4.69, 9.17) is 5.53 Å². The highest BCUT2D eigenvalue weighted by Crippen LogP contribution is 2.17. The third kappa shape index (κ3) is 2.63. The second-order valence-electron chi connectivity index (χ2n) is 3.38. The largest absolute Gasteiger partial charge is 0.322 e. The second kappa shape index (κ2) is 5.47. The number of hydrogen-bond donors (Lipinski definition) is 1. The number of benzene rings is 1. The number of nitrogens with zero attached hydrogens (tertiary/aromatic N) is 4. The van der Waals surface area contributed by atoms with Gasteiger partial charge in [0.05, 0.1) is 5.56 Å². The topological polar surface area (TPSA) is 90.8 Å². The van der Waals surface area contributed by atoms with Crippen molar-refractivity contribution in [3.8, 4) is 0 Å². The van der Waals surface area contributed by atoms with Gasteiger partial charge in [0.25, 0.3) is 5.91 Å². The van der Waals surface area contributed by atoms with Crippen LogP contribution in [-0.4, -0.2) is 10.9 Å². The molecule has 0 aliphatic heterocycles. The molecule has 6 nitrogen and oxygen atoms in total. The summed E-state index contributed by atoms with van der Waals surface area (Å²) in [5.41, 5.74) is 9.30. The van der Waals surface area contributed by atoms with Crippen LogP contribution >= 0.6 is 0 Å². The normalized spacial score (nSPS) is 9.33. The lowest BCUT2D eigenvalue weighted by molar-refractivity contribution is 0.102. The molecule has 0 fully saturated rings. The minimum absolute atomic E-state index is 0.0634. The number of hydrogen-bond acceptors (Lipinski definition) is 3. The van der Waals surface area contributed by atoms with Crippen LogP contribution in [0.15, 0.2) is 53.8 Å². The van der Waals surface area contributed by atoms with Crippen molar-refractivity contribution in [1.29, 1.82) is 0 Å². The number of nitrogens with one attached hydrogen (secondary N) is 1. The third-order valence-corrected chi connectivity index (χ3v) is 2.20. The van der Waals surface area contributed by atoms with Gasteiger partial charge in [-0.25, -0.2) is 0 Å². The van der Waals surface area contributed by atoms with Crippen LogP contribution in [-0.2, 0) is 0 Å². The Morgan fingerprint density at radius 3 is 2.72 bits per heavy atom. The molecule has 1 heterocycles. The lowest BCUT2D eigenvalue weighted by atomic mass is 10.2. The maximum atomic E-state index is 12.0. The van der Waals surface area contributed by atoms with Gasteiger partial charge < -0.3 is 5.32 Å². The molecular weight excluding hydrogens is 230 g/mol. The van der Waals surface area contributed by atoms with E-state index in [0.29, 0.717) is 5.69 Å². The number of rotatable bonds is 3. The van der Waals surface area contributed by atoms with Crippen LogP contribution in [0.2, 0.25) is 0 Å². The fraction of sp³-hybridized carbons (Fsp3) is 0. The van der Waals surface area contributed by atoms with Crippen LogP contribution < -0.4 is 5.32 Å². The maximum Gasteiger partial charge on any atom is 0.257 e. The van der Waals surface area contributed by atoms with Crippen molar-refractivity contribution in [3.05, 3.63) is 64.7 Å².